The van der Waals surface area contributed by atoms with Crippen molar-refractivity contribution in [1.82, 2.24) is 0 Å². The van der Waals surface area contributed by atoms with E-state index in [2.05, 4.69) is 59.4 Å². The number of pyridine rings is 1. The first-order valence-electron chi connectivity index (χ1n) is 7.89. The van der Waals surface area contributed by atoms with Gasteiger partial charge in [-0.15, -0.1) is 0 Å². The molecular weight excluding hydrogens is 336 g/mol. The molecule has 0 unspecified atom stereocenters. The quantitative estimate of drug-likeness (QED) is 0.742. The third-order valence-corrected chi connectivity index (χ3v) is 4.78. The molecule has 1 aromatic carbocycles. The Morgan fingerprint density at radius 2 is 2.05 bits per heavy atom. The molecule has 22 heavy (non-hydrogen) atoms. The summed E-state index contributed by atoms with van der Waals surface area (Å²) in [6, 6.07) is 13.4. The maximum Gasteiger partial charge on any atom is 0.208 e. The number of hydrogen-bond acceptors (Lipinski definition) is 1. The average Bonchev–Trinajstić information content (AvgIpc) is 2.98. The Morgan fingerprint density at radius 1 is 1.14 bits per heavy atom. The molecule has 0 amide bonds. The lowest BCUT2D eigenvalue weighted by atomic mass is 9.94. The summed E-state index contributed by atoms with van der Waals surface area (Å²) in [5.41, 5.74) is 8.48. The predicted molar refractivity (Wildman–Crippen MR) is 87.0 cm³/mol. The highest BCUT2D eigenvalue weighted by atomic mass is 79.9. The highest BCUT2D eigenvalue weighted by Gasteiger charge is 2.25. The van der Waals surface area contributed by atoms with E-state index in [1.807, 2.05) is 0 Å². The Balaban J connectivity index is 0.00000144. The molecule has 0 radical (unpaired) electrons. The van der Waals surface area contributed by atoms with Gasteiger partial charge in [0, 0.05) is 36.4 Å². The van der Waals surface area contributed by atoms with Crippen molar-refractivity contribution < 1.29 is 21.5 Å². The van der Waals surface area contributed by atoms with Crippen LogP contribution in [-0.4, -0.2) is 6.54 Å². The summed E-state index contributed by atoms with van der Waals surface area (Å²) < 4.78 is 2.36. The number of hydrogen-bond donors (Lipinski definition) is 1. The van der Waals surface area contributed by atoms with E-state index in [1.165, 1.54) is 46.5 Å². The molecule has 114 valence electrons. The third-order valence-electron chi connectivity index (χ3n) is 4.78. The van der Waals surface area contributed by atoms with Crippen molar-refractivity contribution in [2.75, 3.05) is 11.9 Å². The standard InChI is InChI=1S/C19H20N2.BrH/c1-14(17-9-12-21-11-3-2-6-19(17)21)15-7-8-18-16(13-15)5-4-10-20-18;/h2-3,6-8,11,13H,4-5,9-10,12H2,1H3;1H. The van der Waals surface area contributed by atoms with Gasteiger partial charge in [0.05, 0.1) is 0 Å². The van der Waals surface area contributed by atoms with Crippen molar-refractivity contribution in [3.63, 3.8) is 0 Å². The van der Waals surface area contributed by atoms with Gasteiger partial charge >= 0.3 is 0 Å². The molecule has 0 saturated heterocycles. The summed E-state index contributed by atoms with van der Waals surface area (Å²) in [6.45, 7) is 4.49. The molecule has 3 heteroatoms. The monoisotopic (exact) mass is 356 g/mol. The van der Waals surface area contributed by atoms with E-state index in [1.54, 1.807) is 0 Å². The van der Waals surface area contributed by atoms with Crippen molar-refractivity contribution in [2.45, 2.75) is 32.7 Å². The summed E-state index contributed by atoms with van der Waals surface area (Å²) in [5.74, 6) is 0. The molecule has 0 atom stereocenters. The summed E-state index contributed by atoms with van der Waals surface area (Å²) in [7, 11) is 0. The minimum absolute atomic E-state index is 0. The number of fused-ring (bicyclic) bond motifs is 2. The molecule has 1 aromatic heterocycles. The van der Waals surface area contributed by atoms with Gasteiger partial charge < -0.3 is 22.3 Å². The topological polar surface area (TPSA) is 15.9 Å². The molecular formula is C19H21BrN2. The Labute approximate surface area is 142 Å². The lowest BCUT2D eigenvalue weighted by Gasteiger charge is -2.19. The van der Waals surface area contributed by atoms with Gasteiger partial charge in [0.2, 0.25) is 5.69 Å². The predicted octanol–water partition coefficient (Wildman–Crippen LogP) is 0.671. The van der Waals surface area contributed by atoms with Gasteiger partial charge in [-0.25, -0.2) is 0 Å². The lowest BCUT2D eigenvalue weighted by Crippen LogP contribution is -3.00. The number of aryl methyl sites for hydroxylation is 2. The van der Waals surface area contributed by atoms with Crippen LogP contribution in [0.15, 0.2) is 42.6 Å². The zero-order valence-corrected chi connectivity index (χ0v) is 14.5. The van der Waals surface area contributed by atoms with Gasteiger partial charge in [-0.2, -0.15) is 4.57 Å². The first kappa shape index (κ1) is 15.3. The van der Waals surface area contributed by atoms with Gasteiger partial charge in [-0.3, -0.25) is 0 Å². The largest absolute Gasteiger partial charge is 1.00 e. The second-order valence-corrected chi connectivity index (χ2v) is 6.04. The number of nitrogens with zero attached hydrogens (tertiary/aromatic N) is 1. The second-order valence-electron chi connectivity index (χ2n) is 6.04. The number of nitrogens with one attached hydrogen (secondary N) is 1. The molecule has 2 aliphatic rings. The molecule has 0 spiro atoms. The number of anilines is 1. The number of allylic oxidation sites excluding steroid dienone is 2. The minimum Gasteiger partial charge on any atom is -1.00 e. The third kappa shape index (κ3) is 2.58. The van der Waals surface area contributed by atoms with Crippen molar-refractivity contribution in [2.24, 2.45) is 0 Å². The van der Waals surface area contributed by atoms with Crippen LogP contribution in [0.4, 0.5) is 5.69 Å². The van der Waals surface area contributed by atoms with Gasteiger partial charge in [0.25, 0.3) is 0 Å². The summed E-state index contributed by atoms with van der Waals surface area (Å²) >= 11 is 0. The molecule has 1 N–H and O–H groups in total. The Morgan fingerprint density at radius 3 is 2.95 bits per heavy atom. The first-order chi connectivity index (χ1) is 10.3. The molecule has 0 saturated carbocycles. The average molecular weight is 357 g/mol. The van der Waals surface area contributed by atoms with Crippen molar-refractivity contribution in [3.8, 4) is 0 Å². The van der Waals surface area contributed by atoms with Crippen molar-refractivity contribution in [1.29, 1.82) is 0 Å². The van der Waals surface area contributed by atoms with Gasteiger partial charge in [-0.1, -0.05) is 6.07 Å². The number of rotatable bonds is 1. The van der Waals surface area contributed by atoms with Crippen LogP contribution in [-0.2, 0) is 13.0 Å². The van der Waals surface area contributed by atoms with Crippen LogP contribution in [0.5, 0.6) is 0 Å². The van der Waals surface area contributed by atoms with Gasteiger partial charge in [0.1, 0.15) is 0 Å². The van der Waals surface area contributed by atoms with E-state index in [-0.39, 0.29) is 17.0 Å². The van der Waals surface area contributed by atoms with Crippen LogP contribution >= 0.6 is 0 Å². The fourth-order valence-corrected chi connectivity index (χ4v) is 3.57. The molecule has 4 rings (SSSR count). The number of benzene rings is 1. The molecule has 0 aliphatic carbocycles. The fraction of sp³-hybridized carbons (Fsp3) is 0.316. The highest BCUT2D eigenvalue weighted by Crippen LogP contribution is 2.32. The van der Waals surface area contributed by atoms with Crippen LogP contribution in [0.3, 0.4) is 0 Å². The van der Waals surface area contributed by atoms with E-state index in [9.17, 15) is 0 Å². The molecule has 2 aromatic rings. The van der Waals surface area contributed by atoms with Crippen molar-refractivity contribution >= 4 is 16.8 Å². The maximum absolute atomic E-state index is 3.49. The Bertz CT molecular complexity index is 734. The van der Waals surface area contributed by atoms with Crippen LogP contribution in [0.2, 0.25) is 0 Å². The van der Waals surface area contributed by atoms with E-state index in [0.717, 1.165) is 19.5 Å². The lowest BCUT2D eigenvalue weighted by molar-refractivity contribution is -0.689. The molecule has 2 aliphatic heterocycles. The van der Waals surface area contributed by atoms with Crippen LogP contribution in [0, 0.1) is 0 Å². The first-order valence-corrected chi connectivity index (χ1v) is 7.89. The van der Waals surface area contributed by atoms with E-state index >= 15 is 0 Å². The van der Waals surface area contributed by atoms with Gasteiger partial charge in [0.15, 0.2) is 12.7 Å². The molecule has 0 fully saturated rings. The summed E-state index contributed by atoms with van der Waals surface area (Å²) in [5, 5.41) is 3.49. The maximum atomic E-state index is 3.49. The molecule has 2 nitrogen and oxygen atoms in total. The fourth-order valence-electron chi connectivity index (χ4n) is 3.57. The number of halogens is 1. The van der Waals surface area contributed by atoms with Gasteiger partial charge in [-0.05, 0) is 54.7 Å². The Hall–Kier alpha value is -1.61. The molecule has 3 heterocycles. The summed E-state index contributed by atoms with van der Waals surface area (Å²) in [4.78, 5) is 0. The molecule has 0 bridgehead atoms. The van der Waals surface area contributed by atoms with Crippen molar-refractivity contribution in [3.05, 3.63) is 59.4 Å². The number of aromatic nitrogens is 1. The van der Waals surface area contributed by atoms with Crippen LogP contribution in [0.25, 0.3) is 11.1 Å². The normalized spacial score (nSPS) is 17.9. The van der Waals surface area contributed by atoms with E-state index in [4.69, 9.17) is 0 Å². The van der Waals surface area contributed by atoms with Crippen LogP contribution < -0.4 is 26.9 Å². The zero-order chi connectivity index (χ0) is 14.2. The highest BCUT2D eigenvalue weighted by molar-refractivity contribution is 5.89. The Kier molecular flexibility index (Phi) is 4.34. The summed E-state index contributed by atoms with van der Waals surface area (Å²) in [6.07, 6.45) is 5.77. The van der Waals surface area contributed by atoms with Crippen LogP contribution in [0.1, 0.15) is 36.6 Å². The minimum atomic E-state index is 0. The van der Waals surface area contributed by atoms with E-state index < -0.39 is 0 Å². The second kappa shape index (κ2) is 6.25. The zero-order valence-electron chi connectivity index (χ0n) is 12.9. The van der Waals surface area contributed by atoms with E-state index in [0.29, 0.717) is 0 Å². The SMILES string of the molecule is CC(=C1CC[n+]2ccccc21)c1ccc2c(c1)CCCN2.[Br-]. The smallest absolute Gasteiger partial charge is 0.208 e.